The maximum atomic E-state index is 12.1. The van der Waals surface area contributed by atoms with Crippen molar-refractivity contribution >= 4 is 11.9 Å². The number of amides is 1. The second-order valence-electron chi connectivity index (χ2n) is 5.68. The van der Waals surface area contributed by atoms with Crippen LogP contribution in [0, 0.1) is 13.8 Å². The van der Waals surface area contributed by atoms with Crippen LogP contribution in [-0.4, -0.2) is 44.0 Å². The van der Waals surface area contributed by atoms with Gasteiger partial charge in [-0.3, -0.25) is 4.79 Å². The molecule has 0 saturated heterocycles. The third kappa shape index (κ3) is 3.75. The molecule has 122 valence electrons. The van der Waals surface area contributed by atoms with Crippen LogP contribution in [0.4, 0.5) is 0 Å². The fourth-order valence-electron chi connectivity index (χ4n) is 1.95. The van der Waals surface area contributed by atoms with Crippen LogP contribution >= 0.6 is 0 Å². The summed E-state index contributed by atoms with van der Waals surface area (Å²) >= 11 is 0. The molecule has 0 aliphatic heterocycles. The quantitative estimate of drug-likeness (QED) is 0.765. The molecule has 0 bridgehead atoms. The molecule has 1 amide bonds. The standard InChI is InChI=1S/C16H19N3O4/c1-10-4-6-12(7-5-10)19-11(2)8-13(18-19)14(20)17-9-16(3,23)15(21)22/h4-8,23H,9H2,1-3H3,(H,17,20)(H,21,22). The molecular formula is C16H19N3O4. The highest BCUT2D eigenvalue weighted by molar-refractivity contribution is 5.93. The fourth-order valence-corrected chi connectivity index (χ4v) is 1.95. The summed E-state index contributed by atoms with van der Waals surface area (Å²) in [6.07, 6.45) is 0. The summed E-state index contributed by atoms with van der Waals surface area (Å²) in [4.78, 5) is 22.9. The van der Waals surface area contributed by atoms with Crippen molar-refractivity contribution in [1.29, 1.82) is 0 Å². The molecule has 0 saturated carbocycles. The number of hydrogen-bond acceptors (Lipinski definition) is 4. The number of aryl methyl sites for hydroxylation is 2. The predicted molar refractivity (Wildman–Crippen MR) is 83.6 cm³/mol. The Kier molecular flexibility index (Phi) is 4.51. The van der Waals surface area contributed by atoms with Crippen LogP contribution in [0.5, 0.6) is 0 Å². The number of carbonyl (C=O) groups is 2. The minimum absolute atomic E-state index is 0.157. The second-order valence-corrected chi connectivity index (χ2v) is 5.68. The summed E-state index contributed by atoms with van der Waals surface area (Å²) in [5.74, 6) is -1.94. The molecule has 0 fully saturated rings. The normalized spacial score (nSPS) is 13.4. The lowest BCUT2D eigenvalue weighted by atomic mass is 10.1. The predicted octanol–water partition coefficient (Wildman–Crippen LogP) is 1.05. The first-order chi connectivity index (χ1) is 10.7. The molecule has 0 spiro atoms. The third-order valence-corrected chi connectivity index (χ3v) is 3.45. The smallest absolute Gasteiger partial charge is 0.337 e. The van der Waals surface area contributed by atoms with Gasteiger partial charge in [0.25, 0.3) is 5.91 Å². The Morgan fingerprint density at radius 3 is 2.43 bits per heavy atom. The Bertz CT molecular complexity index is 732. The van der Waals surface area contributed by atoms with E-state index in [4.69, 9.17) is 5.11 Å². The minimum atomic E-state index is -2.02. The highest BCUT2D eigenvalue weighted by Crippen LogP contribution is 2.13. The number of aliphatic carboxylic acids is 1. The van der Waals surface area contributed by atoms with Gasteiger partial charge in [0.05, 0.1) is 12.2 Å². The zero-order chi connectivity index (χ0) is 17.2. The zero-order valence-corrected chi connectivity index (χ0v) is 13.2. The fraction of sp³-hybridized carbons (Fsp3) is 0.312. The number of hydrogen-bond donors (Lipinski definition) is 3. The van der Waals surface area contributed by atoms with E-state index in [0.29, 0.717) is 0 Å². The average molecular weight is 317 g/mol. The molecule has 2 rings (SSSR count). The van der Waals surface area contributed by atoms with Gasteiger partial charge in [0.1, 0.15) is 0 Å². The van der Waals surface area contributed by atoms with Gasteiger partial charge in [-0.15, -0.1) is 0 Å². The van der Waals surface area contributed by atoms with Crippen molar-refractivity contribution in [2.24, 2.45) is 0 Å². The van der Waals surface area contributed by atoms with Crippen LogP contribution in [0.1, 0.15) is 28.7 Å². The van der Waals surface area contributed by atoms with Gasteiger partial charge < -0.3 is 15.5 Å². The molecule has 1 heterocycles. The van der Waals surface area contributed by atoms with Crippen molar-refractivity contribution in [1.82, 2.24) is 15.1 Å². The van der Waals surface area contributed by atoms with Gasteiger partial charge in [0.15, 0.2) is 11.3 Å². The van der Waals surface area contributed by atoms with Crippen molar-refractivity contribution in [2.45, 2.75) is 26.4 Å². The van der Waals surface area contributed by atoms with Crippen LogP contribution in [0.3, 0.4) is 0 Å². The number of carboxylic acid groups (broad SMARTS) is 1. The Balaban J connectivity index is 2.16. The number of nitrogens with zero attached hydrogens (tertiary/aromatic N) is 2. The first kappa shape index (κ1) is 16.7. The Morgan fingerprint density at radius 2 is 1.87 bits per heavy atom. The minimum Gasteiger partial charge on any atom is -0.479 e. The van der Waals surface area contributed by atoms with E-state index in [2.05, 4.69) is 10.4 Å². The first-order valence-corrected chi connectivity index (χ1v) is 7.08. The van der Waals surface area contributed by atoms with Gasteiger partial charge in [0.2, 0.25) is 0 Å². The van der Waals surface area contributed by atoms with Crippen molar-refractivity contribution < 1.29 is 19.8 Å². The molecule has 23 heavy (non-hydrogen) atoms. The van der Waals surface area contributed by atoms with E-state index in [9.17, 15) is 14.7 Å². The molecule has 0 radical (unpaired) electrons. The molecule has 0 aliphatic carbocycles. The monoisotopic (exact) mass is 317 g/mol. The van der Waals surface area contributed by atoms with Gasteiger partial charge >= 0.3 is 5.97 Å². The number of nitrogens with one attached hydrogen (secondary N) is 1. The number of rotatable bonds is 5. The summed E-state index contributed by atoms with van der Waals surface area (Å²) < 4.78 is 1.63. The topological polar surface area (TPSA) is 104 Å². The van der Waals surface area contributed by atoms with Gasteiger partial charge in [-0.05, 0) is 39.0 Å². The van der Waals surface area contributed by atoms with Gasteiger partial charge in [-0.1, -0.05) is 17.7 Å². The summed E-state index contributed by atoms with van der Waals surface area (Å²) in [5, 5.41) is 25.0. The summed E-state index contributed by atoms with van der Waals surface area (Å²) in [5.41, 5.74) is 0.843. The van der Waals surface area contributed by atoms with Crippen LogP contribution in [0.25, 0.3) is 5.69 Å². The number of carboxylic acids is 1. The molecule has 7 nitrogen and oxygen atoms in total. The van der Waals surface area contributed by atoms with Crippen LogP contribution in [-0.2, 0) is 4.79 Å². The summed E-state index contributed by atoms with van der Waals surface area (Å²) in [6.45, 7) is 4.51. The van der Waals surface area contributed by atoms with Crippen LogP contribution < -0.4 is 5.32 Å². The van der Waals surface area contributed by atoms with Gasteiger partial charge in [0, 0.05) is 5.69 Å². The third-order valence-electron chi connectivity index (χ3n) is 3.45. The van der Waals surface area contributed by atoms with E-state index in [1.54, 1.807) is 10.7 Å². The van der Waals surface area contributed by atoms with Gasteiger partial charge in [-0.2, -0.15) is 5.10 Å². The maximum Gasteiger partial charge on any atom is 0.337 e. The lowest BCUT2D eigenvalue weighted by molar-refractivity contribution is -0.155. The molecule has 1 atom stereocenters. The maximum absolute atomic E-state index is 12.1. The lowest BCUT2D eigenvalue weighted by Gasteiger charge is -2.17. The Morgan fingerprint density at radius 1 is 1.26 bits per heavy atom. The number of aliphatic hydroxyl groups is 1. The number of benzene rings is 1. The molecular weight excluding hydrogens is 298 g/mol. The SMILES string of the molecule is Cc1ccc(-n2nc(C(=O)NCC(C)(O)C(=O)O)cc2C)cc1. The van der Waals surface area contributed by atoms with Crippen LogP contribution in [0.15, 0.2) is 30.3 Å². The van der Waals surface area contributed by atoms with Gasteiger partial charge in [-0.25, -0.2) is 9.48 Å². The highest BCUT2D eigenvalue weighted by atomic mass is 16.4. The molecule has 1 unspecified atom stereocenters. The molecule has 2 aromatic rings. The van der Waals surface area contributed by atoms with E-state index >= 15 is 0 Å². The van der Waals surface area contributed by atoms with Crippen molar-refractivity contribution in [3.8, 4) is 5.69 Å². The molecule has 0 aliphatic rings. The van der Waals surface area contributed by atoms with Crippen molar-refractivity contribution in [3.63, 3.8) is 0 Å². The summed E-state index contributed by atoms with van der Waals surface area (Å²) in [6, 6.07) is 9.28. The lowest BCUT2D eigenvalue weighted by Crippen LogP contribution is -2.46. The number of carbonyl (C=O) groups excluding carboxylic acids is 1. The zero-order valence-electron chi connectivity index (χ0n) is 13.2. The van der Waals surface area contributed by atoms with E-state index in [-0.39, 0.29) is 5.69 Å². The molecule has 1 aromatic carbocycles. The van der Waals surface area contributed by atoms with E-state index in [1.165, 1.54) is 0 Å². The van der Waals surface area contributed by atoms with Crippen LogP contribution in [0.2, 0.25) is 0 Å². The first-order valence-electron chi connectivity index (χ1n) is 7.08. The van der Waals surface area contributed by atoms with Crippen molar-refractivity contribution in [2.75, 3.05) is 6.54 Å². The second kappa shape index (κ2) is 6.21. The Hall–Kier alpha value is -2.67. The largest absolute Gasteiger partial charge is 0.479 e. The molecule has 7 heteroatoms. The average Bonchev–Trinajstić information content (AvgIpc) is 2.87. The van der Waals surface area contributed by atoms with E-state index in [1.807, 2.05) is 38.1 Å². The number of aromatic nitrogens is 2. The Labute approximate surface area is 133 Å². The molecule has 3 N–H and O–H groups in total. The highest BCUT2D eigenvalue weighted by Gasteiger charge is 2.30. The summed E-state index contributed by atoms with van der Waals surface area (Å²) in [7, 11) is 0. The van der Waals surface area contributed by atoms with E-state index in [0.717, 1.165) is 23.9 Å². The van der Waals surface area contributed by atoms with E-state index < -0.39 is 24.0 Å². The van der Waals surface area contributed by atoms with Crippen molar-refractivity contribution in [3.05, 3.63) is 47.3 Å². The molecule has 1 aromatic heterocycles.